The number of nitrogens with zero attached hydrogens (tertiary/aromatic N) is 2. The molecule has 1 atom stereocenters. The third kappa shape index (κ3) is 4.00. The van der Waals surface area contributed by atoms with Crippen LogP contribution in [0.3, 0.4) is 0 Å². The first-order valence-corrected chi connectivity index (χ1v) is 7.22. The lowest BCUT2D eigenvalue weighted by Crippen LogP contribution is -2.24. The van der Waals surface area contributed by atoms with Crippen molar-refractivity contribution >= 4 is 16.7 Å². The van der Waals surface area contributed by atoms with Gasteiger partial charge in [-0.05, 0) is 18.9 Å². The van der Waals surface area contributed by atoms with Crippen LogP contribution in [-0.4, -0.2) is 28.1 Å². The minimum Gasteiger partial charge on any atom is -0.385 e. The average Bonchev–Trinajstić information content (AvgIpc) is 2.88. The molecule has 2 rings (SSSR count). The molecule has 0 aliphatic carbocycles. The number of hydrogen-bond acceptors (Lipinski definition) is 6. The molecule has 2 N–H and O–H groups in total. The largest absolute Gasteiger partial charge is 0.385 e. The van der Waals surface area contributed by atoms with Crippen molar-refractivity contribution in [3.8, 4) is 0 Å². The van der Waals surface area contributed by atoms with Gasteiger partial charge in [0, 0.05) is 25.2 Å². The van der Waals surface area contributed by atoms with E-state index in [-0.39, 0.29) is 0 Å². The molecule has 0 aliphatic heterocycles. The molecule has 1 aromatic carbocycles. The van der Waals surface area contributed by atoms with Gasteiger partial charge in [-0.15, -0.1) is 0 Å². The molecule has 0 spiro atoms. The second-order valence-corrected chi connectivity index (χ2v) is 5.52. The second-order valence-electron chi connectivity index (χ2n) is 4.77. The van der Waals surface area contributed by atoms with Crippen LogP contribution in [0.25, 0.3) is 0 Å². The van der Waals surface area contributed by atoms with E-state index in [1.165, 1.54) is 11.5 Å². The van der Waals surface area contributed by atoms with Crippen molar-refractivity contribution in [2.24, 2.45) is 0 Å². The highest BCUT2D eigenvalue weighted by atomic mass is 32.1. The van der Waals surface area contributed by atoms with E-state index < -0.39 is 5.60 Å². The number of nitrogens with one attached hydrogen (secondary N) is 1. The van der Waals surface area contributed by atoms with Gasteiger partial charge in [-0.2, -0.15) is 4.37 Å². The molecule has 0 saturated carbocycles. The van der Waals surface area contributed by atoms with Crippen LogP contribution in [-0.2, 0) is 16.9 Å². The van der Waals surface area contributed by atoms with Crippen molar-refractivity contribution in [2.45, 2.75) is 25.6 Å². The third-order valence-electron chi connectivity index (χ3n) is 3.03. The number of aliphatic hydroxyl groups is 1. The summed E-state index contributed by atoms with van der Waals surface area (Å²) in [6.45, 7) is 2.86. The number of hydrogen-bond donors (Lipinski definition) is 2. The molecular formula is C14H19N3O2S. The molecule has 6 heteroatoms. The molecule has 2 aromatic rings. The lowest BCUT2D eigenvalue weighted by molar-refractivity contribution is 0.0515. The van der Waals surface area contributed by atoms with Crippen molar-refractivity contribution in [1.82, 2.24) is 9.36 Å². The molecule has 1 unspecified atom stereocenters. The van der Waals surface area contributed by atoms with Gasteiger partial charge in [-0.25, -0.2) is 4.98 Å². The average molecular weight is 293 g/mol. The highest BCUT2D eigenvalue weighted by Crippen LogP contribution is 2.24. The first-order chi connectivity index (χ1) is 9.62. The Morgan fingerprint density at radius 3 is 2.80 bits per heavy atom. The third-order valence-corrected chi connectivity index (χ3v) is 3.74. The number of rotatable bonds is 7. The van der Waals surface area contributed by atoms with Crippen molar-refractivity contribution in [3.05, 3.63) is 41.7 Å². The Labute approximate surface area is 122 Å². The Bertz CT molecular complexity index is 528. The Morgan fingerprint density at radius 1 is 1.35 bits per heavy atom. The number of methoxy groups -OCH3 is 1. The van der Waals surface area contributed by atoms with E-state index in [1.807, 2.05) is 37.3 Å². The van der Waals surface area contributed by atoms with Crippen molar-refractivity contribution in [2.75, 3.05) is 19.0 Å². The van der Waals surface area contributed by atoms with Gasteiger partial charge in [0.2, 0.25) is 5.13 Å². The second kappa shape index (κ2) is 6.78. The van der Waals surface area contributed by atoms with Gasteiger partial charge >= 0.3 is 0 Å². The first kappa shape index (κ1) is 14.9. The zero-order valence-corrected chi connectivity index (χ0v) is 12.5. The lowest BCUT2D eigenvalue weighted by Gasteiger charge is -2.23. The van der Waals surface area contributed by atoms with Gasteiger partial charge in [0.1, 0.15) is 6.61 Å². The zero-order valence-electron chi connectivity index (χ0n) is 11.7. The topological polar surface area (TPSA) is 67.3 Å². The fourth-order valence-corrected chi connectivity index (χ4v) is 2.47. The van der Waals surface area contributed by atoms with Crippen molar-refractivity contribution in [3.63, 3.8) is 0 Å². The van der Waals surface area contributed by atoms with Gasteiger partial charge in [-0.3, -0.25) is 0 Å². The van der Waals surface area contributed by atoms with Gasteiger partial charge < -0.3 is 15.2 Å². The number of aromatic nitrogens is 2. The fourth-order valence-electron chi connectivity index (χ4n) is 1.87. The molecule has 1 aromatic heterocycles. The Hall–Kier alpha value is -1.50. The maximum absolute atomic E-state index is 10.5. The molecule has 20 heavy (non-hydrogen) atoms. The summed E-state index contributed by atoms with van der Waals surface area (Å²) in [5.74, 6) is 0.676. The Balaban J connectivity index is 1.85. The van der Waals surface area contributed by atoms with Crippen LogP contribution in [0.4, 0.5) is 5.13 Å². The summed E-state index contributed by atoms with van der Waals surface area (Å²) >= 11 is 1.30. The fraction of sp³-hybridized carbons (Fsp3) is 0.429. The number of benzene rings is 1. The molecule has 0 radical (unpaired) electrons. The van der Waals surface area contributed by atoms with Crippen molar-refractivity contribution in [1.29, 1.82) is 0 Å². The predicted molar refractivity (Wildman–Crippen MR) is 79.7 cm³/mol. The summed E-state index contributed by atoms with van der Waals surface area (Å²) in [6, 6.07) is 9.66. The molecular weight excluding hydrogens is 274 g/mol. The van der Waals surface area contributed by atoms with E-state index in [0.717, 1.165) is 10.7 Å². The smallest absolute Gasteiger partial charge is 0.202 e. The zero-order chi connectivity index (χ0) is 14.4. The molecule has 0 bridgehead atoms. The van der Waals surface area contributed by atoms with Crippen LogP contribution in [0.1, 0.15) is 24.7 Å². The quantitative estimate of drug-likeness (QED) is 0.820. The van der Waals surface area contributed by atoms with Gasteiger partial charge in [-0.1, -0.05) is 30.3 Å². The van der Waals surface area contributed by atoms with Crippen LogP contribution in [0.2, 0.25) is 0 Å². The molecule has 0 saturated heterocycles. The summed E-state index contributed by atoms with van der Waals surface area (Å²) in [4.78, 5) is 4.28. The van der Waals surface area contributed by atoms with E-state index in [0.29, 0.717) is 25.4 Å². The molecule has 5 nitrogen and oxygen atoms in total. The molecule has 108 valence electrons. The van der Waals surface area contributed by atoms with Crippen LogP contribution in [0.5, 0.6) is 0 Å². The summed E-state index contributed by atoms with van der Waals surface area (Å²) < 4.78 is 9.13. The maximum Gasteiger partial charge on any atom is 0.202 e. The minimum absolute atomic E-state index is 0.417. The molecule has 0 fully saturated rings. The lowest BCUT2D eigenvalue weighted by atomic mass is 9.93. The number of ether oxygens (including phenoxy) is 1. The highest BCUT2D eigenvalue weighted by Gasteiger charge is 2.22. The Morgan fingerprint density at radius 2 is 2.10 bits per heavy atom. The van der Waals surface area contributed by atoms with E-state index in [2.05, 4.69) is 14.7 Å². The SMILES string of the molecule is COCc1nsc(NCCC(C)(O)c2ccccc2)n1. The first-order valence-electron chi connectivity index (χ1n) is 6.45. The van der Waals surface area contributed by atoms with Crippen LogP contribution in [0, 0.1) is 0 Å². The molecule has 0 amide bonds. The molecule has 0 aliphatic rings. The summed E-state index contributed by atoms with van der Waals surface area (Å²) in [7, 11) is 1.62. The van der Waals surface area contributed by atoms with E-state index in [9.17, 15) is 5.11 Å². The molecule has 1 heterocycles. The summed E-state index contributed by atoms with van der Waals surface area (Å²) in [6.07, 6.45) is 0.593. The van der Waals surface area contributed by atoms with Crippen LogP contribution >= 0.6 is 11.5 Å². The summed E-state index contributed by atoms with van der Waals surface area (Å²) in [5.41, 5.74) is 0.0630. The number of anilines is 1. The standard InChI is InChI=1S/C14H19N3O2S/c1-14(18,11-6-4-3-5-7-11)8-9-15-13-16-12(10-19-2)17-20-13/h3-7,18H,8-10H2,1-2H3,(H,15,16,17). The van der Waals surface area contributed by atoms with Crippen LogP contribution in [0.15, 0.2) is 30.3 Å². The minimum atomic E-state index is -0.853. The van der Waals surface area contributed by atoms with Gasteiger partial charge in [0.25, 0.3) is 0 Å². The maximum atomic E-state index is 10.5. The van der Waals surface area contributed by atoms with Gasteiger partial charge in [0.05, 0.1) is 5.60 Å². The monoisotopic (exact) mass is 293 g/mol. The van der Waals surface area contributed by atoms with E-state index >= 15 is 0 Å². The highest BCUT2D eigenvalue weighted by molar-refractivity contribution is 7.09. The predicted octanol–water partition coefficient (Wildman–Crippen LogP) is 2.39. The summed E-state index contributed by atoms with van der Waals surface area (Å²) in [5, 5.41) is 14.4. The normalized spacial score (nSPS) is 13.9. The van der Waals surface area contributed by atoms with E-state index in [1.54, 1.807) is 7.11 Å². The van der Waals surface area contributed by atoms with E-state index in [4.69, 9.17) is 4.74 Å². The van der Waals surface area contributed by atoms with Gasteiger partial charge in [0.15, 0.2) is 5.82 Å². The van der Waals surface area contributed by atoms with Crippen LogP contribution < -0.4 is 5.32 Å². The van der Waals surface area contributed by atoms with Crippen molar-refractivity contribution < 1.29 is 9.84 Å². The Kier molecular flexibility index (Phi) is 5.05.